The minimum atomic E-state index is -0.327. The topological polar surface area (TPSA) is 85.4 Å². The molecule has 1 amide bonds. The highest BCUT2D eigenvalue weighted by Crippen LogP contribution is 2.33. The summed E-state index contributed by atoms with van der Waals surface area (Å²) in [7, 11) is 3.15. The summed E-state index contributed by atoms with van der Waals surface area (Å²) < 4.78 is 11.3. The summed E-state index contributed by atoms with van der Waals surface area (Å²) in [6.07, 6.45) is 6.22. The molecule has 152 valence electrons. The molecule has 7 nitrogen and oxygen atoms in total. The third-order valence-electron chi connectivity index (χ3n) is 4.65. The van der Waals surface area contributed by atoms with Crippen LogP contribution in [0.2, 0.25) is 0 Å². The van der Waals surface area contributed by atoms with E-state index in [0.29, 0.717) is 23.2 Å². The van der Waals surface area contributed by atoms with Crippen molar-refractivity contribution in [1.82, 2.24) is 10.2 Å². The Bertz CT molecular complexity index is 793. The summed E-state index contributed by atoms with van der Waals surface area (Å²) in [5.41, 5.74) is 0.580. The number of methoxy groups -OCH3 is 2. The molecule has 1 atom stereocenters. The molecule has 1 aliphatic rings. The molecule has 1 aromatic carbocycles. The minimum Gasteiger partial charge on any atom is -0.497 e. The second kappa shape index (κ2) is 9.97. The number of aromatic nitrogens is 2. The first-order chi connectivity index (χ1) is 13.6. The Hall–Kier alpha value is -2.00. The number of anilines is 2. The van der Waals surface area contributed by atoms with E-state index in [2.05, 4.69) is 20.8 Å². The van der Waals surface area contributed by atoms with Gasteiger partial charge in [-0.25, -0.2) is 0 Å². The van der Waals surface area contributed by atoms with E-state index >= 15 is 0 Å². The fraction of sp³-hybridized carbons (Fsp3) is 0.526. The van der Waals surface area contributed by atoms with Gasteiger partial charge in [0.2, 0.25) is 11.0 Å². The van der Waals surface area contributed by atoms with Crippen molar-refractivity contribution in [2.75, 3.05) is 24.9 Å². The van der Waals surface area contributed by atoms with Gasteiger partial charge in [-0.2, -0.15) is 0 Å². The molecule has 28 heavy (non-hydrogen) atoms. The van der Waals surface area contributed by atoms with E-state index in [9.17, 15) is 4.79 Å². The molecular formula is C19H26N4O3S2. The van der Waals surface area contributed by atoms with Crippen LogP contribution in [-0.2, 0) is 4.79 Å². The van der Waals surface area contributed by atoms with Crippen LogP contribution in [0.5, 0.6) is 11.5 Å². The van der Waals surface area contributed by atoms with E-state index in [4.69, 9.17) is 9.47 Å². The molecule has 1 fully saturated rings. The highest BCUT2D eigenvalue weighted by molar-refractivity contribution is 8.02. The predicted molar refractivity (Wildman–Crippen MR) is 114 cm³/mol. The van der Waals surface area contributed by atoms with Gasteiger partial charge in [-0.05, 0) is 31.9 Å². The van der Waals surface area contributed by atoms with Gasteiger partial charge >= 0.3 is 0 Å². The fourth-order valence-corrected chi connectivity index (χ4v) is 5.06. The standard InChI is InChI=1S/C19H26N4O3S2/c1-12(17(24)21-15-11-14(25-2)9-10-16(15)26-3)27-19-23-22-18(28-19)20-13-7-5-4-6-8-13/h9-13H,4-8H2,1-3H3,(H,20,22)(H,21,24). The van der Waals surface area contributed by atoms with Gasteiger partial charge in [0.05, 0.1) is 25.2 Å². The van der Waals surface area contributed by atoms with Crippen molar-refractivity contribution in [3.05, 3.63) is 18.2 Å². The summed E-state index contributed by atoms with van der Waals surface area (Å²) in [4.78, 5) is 12.6. The zero-order chi connectivity index (χ0) is 19.9. The number of hydrogen-bond donors (Lipinski definition) is 2. The van der Waals surface area contributed by atoms with Crippen LogP contribution in [0, 0.1) is 0 Å². The lowest BCUT2D eigenvalue weighted by molar-refractivity contribution is -0.115. The SMILES string of the molecule is COc1ccc(OC)c(NC(=O)C(C)Sc2nnc(NC3CCCCC3)s2)c1. The largest absolute Gasteiger partial charge is 0.497 e. The van der Waals surface area contributed by atoms with Crippen molar-refractivity contribution in [2.24, 2.45) is 0 Å². The predicted octanol–water partition coefficient (Wildman–Crippen LogP) is 4.42. The summed E-state index contributed by atoms with van der Waals surface area (Å²) >= 11 is 2.90. The normalized spacial score (nSPS) is 15.7. The van der Waals surface area contributed by atoms with Gasteiger partial charge in [-0.1, -0.05) is 42.4 Å². The average molecular weight is 423 g/mol. The molecule has 1 aromatic heterocycles. The second-order valence-electron chi connectivity index (χ2n) is 6.67. The van der Waals surface area contributed by atoms with Crippen LogP contribution in [0.25, 0.3) is 0 Å². The zero-order valence-electron chi connectivity index (χ0n) is 16.4. The molecule has 2 aromatic rings. The Morgan fingerprint density at radius 3 is 2.71 bits per heavy atom. The van der Waals surface area contributed by atoms with Crippen LogP contribution in [-0.4, -0.2) is 41.6 Å². The van der Waals surface area contributed by atoms with Crippen molar-refractivity contribution in [1.29, 1.82) is 0 Å². The second-order valence-corrected chi connectivity index (χ2v) is 9.23. The maximum Gasteiger partial charge on any atom is 0.237 e. The summed E-state index contributed by atoms with van der Waals surface area (Å²) in [6.45, 7) is 1.85. The highest BCUT2D eigenvalue weighted by atomic mass is 32.2. The van der Waals surface area contributed by atoms with Crippen molar-refractivity contribution in [2.45, 2.75) is 54.7 Å². The zero-order valence-corrected chi connectivity index (χ0v) is 18.0. The van der Waals surface area contributed by atoms with Crippen LogP contribution in [0.3, 0.4) is 0 Å². The third-order valence-corrected chi connectivity index (χ3v) is 6.69. The number of thioether (sulfide) groups is 1. The monoisotopic (exact) mass is 422 g/mol. The molecule has 9 heteroatoms. The van der Waals surface area contributed by atoms with Gasteiger partial charge in [0.25, 0.3) is 0 Å². The third kappa shape index (κ3) is 5.51. The van der Waals surface area contributed by atoms with Gasteiger partial charge in [0, 0.05) is 12.1 Å². The van der Waals surface area contributed by atoms with Crippen molar-refractivity contribution < 1.29 is 14.3 Å². The number of carbonyl (C=O) groups is 1. The Kier molecular flexibility index (Phi) is 7.38. The highest BCUT2D eigenvalue weighted by Gasteiger charge is 2.20. The molecule has 1 aliphatic carbocycles. The minimum absolute atomic E-state index is 0.131. The van der Waals surface area contributed by atoms with Crippen molar-refractivity contribution in [3.63, 3.8) is 0 Å². The molecule has 0 saturated heterocycles. The number of benzene rings is 1. The number of rotatable bonds is 8. The number of ether oxygens (including phenoxy) is 2. The van der Waals surface area contributed by atoms with E-state index in [1.807, 2.05) is 6.92 Å². The first-order valence-corrected chi connectivity index (χ1v) is 11.1. The Labute approximate surface area is 173 Å². The number of carbonyl (C=O) groups excluding carboxylic acids is 1. The molecule has 1 heterocycles. The lowest BCUT2D eigenvalue weighted by Gasteiger charge is -2.21. The molecule has 0 spiro atoms. The molecule has 0 bridgehead atoms. The first-order valence-electron chi connectivity index (χ1n) is 9.38. The van der Waals surface area contributed by atoms with Crippen LogP contribution in [0.15, 0.2) is 22.5 Å². The van der Waals surface area contributed by atoms with Gasteiger partial charge in [-0.15, -0.1) is 10.2 Å². The first kappa shape index (κ1) is 20.7. The maximum absolute atomic E-state index is 12.6. The van der Waals surface area contributed by atoms with E-state index in [1.165, 1.54) is 55.2 Å². The number of hydrogen-bond acceptors (Lipinski definition) is 8. The Morgan fingerprint density at radius 1 is 1.21 bits per heavy atom. The molecule has 0 aliphatic heterocycles. The number of nitrogens with zero attached hydrogens (tertiary/aromatic N) is 2. The lowest BCUT2D eigenvalue weighted by atomic mass is 9.96. The average Bonchev–Trinajstić information content (AvgIpc) is 3.15. The maximum atomic E-state index is 12.6. The van der Waals surface area contributed by atoms with E-state index in [-0.39, 0.29) is 11.2 Å². The molecule has 1 unspecified atom stereocenters. The van der Waals surface area contributed by atoms with Crippen molar-refractivity contribution in [3.8, 4) is 11.5 Å². The molecular weight excluding hydrogens is 396 g/mol. The van der Waals surface area contributed by atoms with E-state index in [1.54, 1.807) is 32.4 Å². The molecule has 2 N–H and O–H groups in total. The summed E-state index contributed by atoms with van der Waals surface area (Å²) in [5, 5.41) is 15.3. The van der Waals surface area contributed by atoms with E-state index in [0.717, 1.165) is 9.47 Å². The number of nitrogens with one attached hydrogen (secondary N) is 2. The van der Waals surface area contributed by atoms with Gasteiger partial charge in [-0.3, -0.25) is 4.79 Å². The number of amides is 1. The van der Waals surface area contributed by atoms with E-state index < -0.39 is 0 Å². The Morgan fingerprint density at radius 2 is 2.00 bits per heavy atom. The molecule has 3 rings (SSSR count). The molecule has 0 radical (unpaired) electrons. The smallest absolute Gasteiger partial charge is 0.237 e. The van der Waals surface area contributed by atoms with Crippen molar-refractivity contribution >= 4 is 39.8 Å². The van der Waals surface area contributed by atoms with Crippen LogP contribution < -0.4 is 20.1 Å². The van der Waals surface area contributed by atoms with Gasteiger partial charge in [0.1, 0.15) is 11.5 Å². The Balaban J connectivity index is 1.57. The summed E-state index contributed by atoms with van der Waals surface area (Å²) in [5.74, 6) is 1.11. The van der Waals surface area contributed by atoms with Gasteiger partial charge < -0.3 is 20.1 Å². The lowest BCUT2D eigenvalue weighted by Crippen LogP contribution is -2.22. The molecule has 1 saturated carbocycles. The fourth-order valence-electron chi connectivity index (χ4n) is 3.09. The van der Waals surface area contributed by atoms with Gasteiger partial charge in [0.15, 0.2) is 4.34 Å². The summed E-state index contributed by atoms with van der Waals surface area (Å²) in [6, 6.07) is 5.78. The van der Waals surface area contributed by atoms with Crippen LogP contribution in [0.4, 0.5) is 10.8 Å². The quantitative estimate of drug-likeness (QED) is 0.609. The van der Waals surface area contributed by atoms with Crippen LogP contribution in [0.1, 0.15) is 39.0 Å². The van der Waals surface area contributed by atoms with Crippen LogP contribution >= 0.6 is 23.1 Å².